The number of benzene rings is 2. The first-order chi connectivity index (χ1) is 12.3. The van der Waals surface area contributed by atoms with Crippen LogP contribution < -0.4 is 5.01 Å². The molecular weight excluding hydrogens is 422 g/mol. The highest BCUT2D eigenvalue weighted by Gasteiger charge is 2.55. The van der Waals surface area contributed by atoms with Gasteiger partial charge in [0.05, 0.1) is 17.3 Å². The maximum absolute atomic E-state index is 13.2. The smallest absolute Gasteiger partial charge is 0.270 e. The Balaban J connectivity index is 2.07. The first-order valence-electron chi connectivity index (χ1n) is 7.85. The quantitative estimate of drug-likeness (QED) is 0.399. The molecule has 2 aromatic rings. The lowest BCUT2D eigenvalue weighted by atomic mass is 9.82. The number of carbonyl (C=O) groups excluding carboxylic acids is 1. The number of carbonyl (C=O) groups is 1. The average molecular weight is 437 g/mol. The summed E-state index contributed by atoms with van der Waals surface area (Å²) in [5, 5.41) is 17.4. The molecule has 1 aliphatic heterocycles. The topological polar surface area (TPSA) is 75.8 Å². The number of para-hydroxylation sites is 1. The second kappa shape index (κ2) is 7.17. The molecule has 1 aliphatic rings. The minimum Gasteiger partial charge on any atom is -0.270 e. The Kier molecular flexibility index (Phi) is 5.11. The lowest BCUT2D eigenvalue weighted by Gasteiger charge is -2.29. The fourth-order valence-electron chi connectivity index (χ4n) is 3.06. The molecule has 0 radical (unpaired) electrons. The van der Waals surface area contributed by atoms with Gasteiger partial charge < -0.3 is 0 Å². The van der Waals surface area contributed by atoms with Gasteiger partial charge >= 0.3 is 0 Å². The molecular formula is C18H15BrClN3O3. The van der Waals surface area contributed by atoms with E-state index in [0.717, 1.165) is 0 Å². The third-order valence-corrected chi connectivity index (χ3v) is 6.04. The third kappa shape index (κ3) is 3.24. The molecule has 0 saturated carbocycles. The van der Waals surface area contributed by atoms with Crippen LogP contribution in [0, 0.1) is 10.1 Å². The Morgan fingerprint density at radius 2 is 1.96 bits per heavy atom. The van der Waals surface area contributed by atoms with Crippen LogP contribution in [0.1, 0.15) is 18.4 Å². The van der Waals surface area contributed by atoms with Crippen LogP contribution in [0.25, 0.3) is 0 Å². The molecule has 6 nitrogen and oxygen atoms in total. The average Bonchev–Trinajstić information content (AvgIpc) is 2.85. The molecule has 1 heterocycles. The van der Waals surface area contributed by atoms with Crippen LogP contribution in [0.5, 0.6) is 0 Å². The van der Waals surface area contributed by atoms with Crippen molar-refractivity contribution in [2.24, 2.45) is 5.10 Å². The first kappa shape index (κ1) is 18.5. The van der Waals surface area contributed by atoms with E-state index in [1.54, 1.807) is 55.5 Å². The van der Waals surface area contributed by atoms with Gasteiger partial charge in [0.2, 0.25) is 6.54 Å². The molecule has 0 saturated heterocycles. The van der Waals surface area contributed by atoms with Gasteiger partial charge in [0, 0.05) is 9.95 Å². The van der Waals surface area contributed by atoms with E-state index in [4.69, 9.17) is 11.6 Å². The van der Waals surface area contributed by atoms with Gasteiger partial charge in [-0.05, 0) is 36.8 Å². The molecule has 0 aromatic heterocycles. The van der Waals surface area contributed by atoms with E-state index in [1.165, 1.54) is 5.01 Å². The SMILES string of the molecule is CC1=NN(c2ccccc2)C(=O)[C@@]1(Br)[C@@H](C[N+](=O)[O-])c1cccc(Cl)c1. The predicted octanol–water partition coefficient (Wildman–Crippen LogP) is 4.26. The molecule has 0 spiro atoms. The van der Waals surface area contributed by atoms with Crippen LogP contribution >= 0.6 is 27.5 Å². The highest BCUT2D eigenvalue weighted by molar-refractivity contribution is 9.10. The zero-order chi connectivity index (χ0) is 18.9. The summed E-state index contributed by atoms with van der Waals surface area (Å²) in [7, 11) is 0. The molecule has 134 valence electrons. The lowest BCUT2D eigenvalue weighted by molar-refractivity contribution is -0.483. The molecule has 0 fully saturated rings. The van der Waals surface area contributed by atoms with Gasteiger partial charge in [0.25, 0.3) is 5.91 Å². The Labute approximate surface area is 163 Å². The van der Waals surface area contributed by atoms with Crippen molar-refractivity contribution in [3.8, 4) is 0 Å². The van der Waals surface area contributed by atoms with Crippen molar-refractivity contribution >= 4 is 44.8 Å². The summed E-state index contributed by atoms with van der Waals surface area (Å²) >= 11 is 9.57. The highest BCUT2D eigenvalue weighted by atomic mass is 79.9. The molecule has 0 N–H and O–H groups in total. The van der Waals surface area contributed by atoms with E-state index in [1.807, 2.05) is 6.07 Å². The van der Waals surface area contributed by atoms with Crippen LogP contribution in [0.2, 0.25) is 5.02 Å². The predicted molar refractivity (Wildman–Crippen MR) is 105 cm³/mol. The molecule has 26 heavy (non-hydrogen) atoms. The summed E-state index contributed by atoms with van der Waals surface area (Å²) in [6.07, 6.45) is 0. The Hall–Kier alpha value is -2.25. The van der Waals surface area contributed by atoms with Crippen LogP contribution in [0.15, 0.2) is 59.7 Å². The monoisotopic (exact) mass is 435 g/mol. The zero-order valence-corrected chi connectivity index (χ0v) is 16.1. The van der Waals surface area contributed by atoms with Gasteiger partial charge in [0.1, 0.15) is 0 Å². The Morgan fingerprint density at radius 1 is 1.27 bits per heavy atom. The highest BCUT2D eigenvalue weighted by Crippen LogP contribution is 2.44. The summed E-state index contributed by atoms with van der Waals surface area (Å²) < 4.78 is -1.32. The van der Waals surface area contributed by atoms with Crippen molar-refractivity contribution < 1.29 is 9.72 Å². The number of alkyl halides is 1. The fourth-order valence-corrected chi connectivity index (χ4v) is 3.91. The van der Waals surface area contributed by atoms with Crippen LogP contribution in [-0.2, 0) is 4.79 Å². The van der Waals surface area contributed by atoms with Gasteiger partial charge in [-0.1, -0.05) is 57.9 Å². The van der Waals surface area contributed by atoms with Crippen LogP contribution in [0.4, 0.5) is 5.69 Å². The number of hydrogen-bond donors (Lipinski definition) is 0. The minimum absolute atomic E-state index is 0.368. The standard InChI is InChI=1S/C18H15BrClN3O3/c1-12-18(19,17(24)23(21-12)15-8-3-2-4-9-15)16(11-22(25)26)13-6-5-7-14(20)10-13/h2-10,16H,11H2,1H3/t16-,18-/m0/s1. The van der Waals surface area contributed by atoms with Gasteiger partial charge in [-0.2, -0.15) is 10.1 Å². The van der Waals surface area contributed by atoms with Crippen molar-refractivity contribution in [3.63, 3.8) is 0 Å². The number of anilines is 1. The number of amides is 1. The number of rotatable bonds is 5. The third-order valence-electron chi connectivity index (χ3n) is 4.34. The summed E-state index contributed by atoms with van der Waals surface area (Å²) in [5.74, 6) is -1.13. The maximum Gasteiger partial charge on any atom is 0.271 e. The molecule has 1 amide bonds. The van der Waals surface area contributed by atoms with E-state index < -0.39 is 21.7 Å². The maximum atomic E-state index is 13.2. The normalized spacial score (nSPS) is 20.8. The molecule has 0 aliphatic carbocycles. The second-order valence-corrected chi connectivity index (χ2v) is 7.66. The van der Waals surface area contributed by atoms with Crippen molar-refractivity contribution in [2.45, 2.75) is 17.2 Å². The van der Waals surface area contributed by atoms with E-state index >= 15 is 0 Å². The van der Waals surface area contributed by atoms with Crippen LogP contribution in [-0.4, -0.2) is 27.4 Å². The van der Waals surface area contributed by atoms with Gasteiger partial charge in [-0.15, -0.1) is 0 Å². The van der Waals surface area contributed by atoms with E-state index in [9.17, 15) is 14.9 Å². The van der Waals surface area contributed by atoms with E-state index in [0.29, 0.717) is 22.0 Å². The van der Waals surface area contributed by atoms with E-state index in [-0.39, 0.29) is 5.91 Å². The van der Waals surface area contributed by atoms with Crippen molar-refractivity contribution in [3.05, 3.63) is 75.3 Å². The second-order valence-electron chi connectivity index (χ2n) is 5.97. The Bertz CT molecular complexity index is 890. The number of hydrogen-bond acceptors (Lipinski definition) is 4. The molecule has 0 bridgehead atoms. The summed E-state index contributed by atoms with van der Waals surface area (Å²) in [6.45, 7) is 1.25. The van der Waals surface area contributed by atoms with Gasteiger partial charge in [-0.25, -0.2) is 0 Å². The largest absolute Gasteiger partial charge is 0.271 e. The van der Waals surface area contributed by atoms with E-state index in [2.05, 4.69) is 21.0 Å². The Morgan fingerprint density at radius 3 is 2.58 bits per heavy atom. The van der Waals surface area contributed by atoms with Crippen molar-refractivity contribution in [1.29, 1.82) is 0 Å². The molecule has 8 heteroatoms. The fraction of sp³-hybridized carbons (Fsp3) is 0.222. The molecule has 2 aromatic carbocycles. The molecule has 0 unspecified atom stereocenters. The zero-order valence-electron chi connectivity index (χ0n) is 13.8. The molecule has 2 atom stereocenters. The number of nitro groups is 1. The van der Waals surface area contributed by atoms with Gasteiger partial charge in [-0.3, -0.25) is 14.9 Å². The first-order valence-corrected chi connectivity index (χ1v) is 9.02. The van der Waals surface area contributed by atoms with Crippen molar-refractivity contribution in [1.82, 2.24) is 0 Å². The summed E-state index contributed by atoms with van der Waals surface area (Å²) in [4.78, 5) is 24.1. The minimum atomic E-state index is -1.32. The van der Waals surface area contributed by atoms with Crippen LogP contribution in [0.3, 0.4) is 0 Å². The summed E-state index contributed by atoms with van der Waals surface area (Å²) in [5.41, 5.74) is 1.66. The van der Waals surface area contributed by atoms with Crippen molar-refractivity contribution in [2.75, 3.05) is 11.6 Å². The van der Waals surface area contributed by atoms with Gasteiger partial charge in [0.15, 0.2) is 4.32 Å². The summed E-state index contributed by atoms with van der Waals surface area (Å²) in [6, 6.07) is 15.7. The number of halogens is 2. The molecule has 3 rings (SSSR count). The number of nitrogens with zero attached hydrogens (tertiary/aromatic N) is 3. The lowest BCUT2D eigenvalue weighted by Crippen LogP contribution is -2.47. The number of hydrazone groups is 1.